The number of hydrogen-bond donors (Lipinski definition) is 3. The molecule has 2 rings (SSSR count). The first kappa shape index (κ1) is 12.6. The fraction of sp³-hybridized carbons (Fsp3) is 0.556. The standard InChI is InChI=1S/C9H12N4O5/c10-8-11-3-13(9(17)12-8)7-6(16)5(15)1-4(14)2-18-7/h3-5,7,14-15H,1-2H2,(H2,10,12,17)/t4?,5-,7-/m1/s1. The summed E-state index contributed by atoms with van der Waals surface area (Å²) in [5.74, 6) is -0.958. The van der Waals surface area contributed by atoms with Gasteiger partial charge in [0.1, 0.15) is 12.4 Å². The Labute approximate surface area is 101 Å². The first-order valence-corrected chi connectivity index (χ1v) is 5.21. The van der Waals surface area contributed by atoms with Gasteiger partial charge in [-0.05, 0) is 0 Å². The Morgan fingerprint density at radius 3 is 2.83 bits per heavy atom. The van der Waals surface area contributed by atoms with E-state index >= 15 is 0 Å². The average molecular weight is 256 g/mol. The van der Waals surface area contributed by atoms with E-state index in [2.05, 4.69) is 9.97 Å². The van der Waals surface area contributed by atoms with E-state index < -0.39 is 29.9 Å². The fourth-order valence-electron chi connectivity index (χ4n) is 1.62. The summed E-state index contributed by atoms with van der Waals surface area (Å²) in [6.07, 6.45) is -2.86. The molecule has 1 aliphatic heterocycles. The quantitative estimate of drug-likeness (QED) is 0.498. The van der Waals surface area contributed by atoms with Crippen LogP contribution in [0.25, 0.3) is 0 Å². The number of carbonyl (C=O) groups is 1. The van der Waals surface area contributed by atoms with Crippen molar-refractivity contribution in [1.29, 1.82) is 0 Å². The molecule has 0 amide bonds. The molecule has 1 saturated heterocycles. The number of aliphatic hydroxyl groups is 2. The lowest BCUT2D eigenvalue weighted by molar-refractivity contribution is -0.142. The summed E-state index contributed by atoms with van der Waals surface area (Å²) in [4.78, 5) is 30.3. The summed E-state index contributed by atoms with van der Waals surface area (Å²) < 4.78 is 5.91. The Morgan fingerprint density at radius 1 is 1.44 bits per heavy atom. The molecule has 2 heterocycles. The van der Waals surface area contributed by atoms with E-state index in [0.717, 1.165) is 10.9 Å². The molecule has 0 radical (unpaired) electrons. The molecule has 4 N–H and O–H groups in total. The zero-order valence-corrected chi connectivity index (χ0v) is 9.26. The van der Waals surface area contributed by atoms with Crippen LogP contribution in [0.15, 0.2) is 11.1 Å². The highest BCUT2D eigenvalue weighted by Crippen LogP contribution is 2.17. The molecule has 1 fully saturated rings. The lowest BCUT2D eigenvalue weighted by Gasteiger charge is -2.16. The van der Waals surface area contributed by atoms with Crippen molar-refractivity contribution in [2.45, 2.75) is 24.9 Å². The molecular weight excluding hydrogens is 244 g/mol. The Morgan fingerprint density at radius 2 is 2.17 bits per heavy atom. The number of nitrogen functional groups attached to an aromatic ring is 1. The van der Waals surface area contributed by atoms with Gasteiger partial charge in [0.15, 0.2) is 0 Å². The van der Waals surface area contributed by atoms with Gasteiger partial charge in [-0.15, -0.1) is 0 Å². The highest BCUT2D eigenvalue weighted by atomic mass is 16.5. The molecule has 0 saturated carbocycles. The van der Waals surface area contributed by atoms with Gasteiger partial charge in [0.2, 0.25) is 18.0 Å². The summed E-state index contributed by atoms with van der Waals surface area (Å²) in [5.41, 5.74) is 4.41. The van der Waals surface area contributed by atoms with Crippen LogP contribution in [-0.2, 0) is 9.53 Å². The highest BCUT2D eigenvalue weighted by molar-refractivity contribution is 5.85. The fourth-order valence-corrected chi connectivity index (χ4v) is 1.62. The topological polar surface area (TPSA) is 141 Å². The molecule has 9 nitrogen and oxygen atoms in total. The van der Waals surface area contributed by atoms with Crippen molar-refractivity contribution >= 4 is 11.7 Å². The van der Waals surface area contributed by atoms with Gasteiger partial charge in [-0.3, -0.25) is 4.79 Å². The van der Waals surface area contributed by atoms with E-state index in [4.69, 9.17) is 10.5 Å². The van der Waals surface area contributed by atoms with Crippen LogP contribution in [0.4, 0.5) is 5.95 Å². The molecule has 3 atom stereocenters. The third-order valence-corrected chi connectivity index (χ3v) is 2.51. The van der Waals surface area contributed by atoms with Crippen LogP contribution >= 0.6 is 0 Å². The zero-order valence-electron chi connectivity index (χ0n) is 9.26. The van der Waals surface area contributed by atoms with Gasteiger partial charge >= 0.3 is 5.69 Å². The maximum Gasteiger partial charge on any atom is 0.354 e. The number of nitrogens with two attached hydrogens (primary N) is 1. The number of rotatable bonds is 1. The van der Waals surface area contributed by atoms with Crippen LogP contribution in [0.1, 0.15) is 12.6 Å². The molecule has 98 valence electrons. The second-order valence-electron chi connectivity index (χ2n) is 3.90. The average Bonchev–Trinajstić information content (AvgIpc) is 2.41. The number of ether oxygens (including phenoxy) is 1. The monoisotopic (exact) mass is 256 g/mol. The van der Waals surface area contributed by atoms with Crippen LogP contribution in [0.3, 0.4) is 0 Å². The van der Waals surface area contributed by atoms with Crippen molar-refractivity contribution < 1.29 is 19.7 Å². The second kappa shape index (κ2) is 4.80. The van der Waals surface area contributed by atoms with Gasteiger partial charge in [0, 0.05) is 6.42 Å². The molecule has 0 bridgehead atoms. The van der Waals surface area contributed by atoms with Gasteiger partial charge in [-0.2, -0.15) is 4.98 Å². The summed E-state index contributed by atoms with van der Waals surface area (Å²) in [6.45, 7) is -0.176. The van der Waals surface area contributed by atoms with E-state index in [9.17, 15) is 19.8 Å². The van der Waals surface area contributed by atoms with Crippen molar-refractivity contribution in [3.63, 3.8) is 0 Å². The molecule has 1 aliphatic rings. The number of anilines is 1. The third-order valence-electron chi connectivity index (χ3n) is 2.51. The SMILES string of the molecule is Nc1ncn([C@@H]2OCC(O)C[C@@H](O)C2=O)c(=O)n1. The molecule has 0 aliphatic carbocycles. The Kier molecular flexibility index (Phi) is 3.36. The summed E-state index contributed by atoms with van der Waals surface area (Å²) >= 11 is 0. The maximum atomic E-state index is 11.8. The number of carbonyl (C=O) groups excluding carboxylic acids is 1. The van der Waals surface area contributed by atoms with Crippen molar-refractivity contribution in [2.75, 3.05) is 12.3 Å². The van der Waals surface area contributed by atoms with E-state index in [-0.39, 0.29) is 19.0 Å². The minimum Gasteiger partial charge on any atom is -0.391 e. The highest BCUT2D eigenvalue weighted by Gasteiger charge is 2.34. The van der Waals surface area contributed by atoms with Crippen LogP contribution in [0, 0.1) is 0 Å². The molecule has 9 heteroatoms. The molecule has 1 aromatic rings. The van der Waals surface area contributed by atoms with E-state index in [1.165, 1.54) is 0 Å². The molecule has 0 aromatic carbocycles. The van der Waals surface area contributed by atoms with Gasteiger partial charge in [0.25, 0.3) is 0 Å². The maximum absolute atomic E-state index is 11.8. The van der Waals surface area contributed by atoms with Gasteiger partial charge in [0.05, 0.1) is 12.7 Å². The van der Waals surface area contributed by atoms with Gasteiger partial charge in [-0.25, -0.2) is 14.3 Å². The van der Waals surface area contributed by atoms with Crippen LogP contribution in [0.5, 0.6) is 0 Å². The summed E-state index contributed by atoms with van der Waals surface area (Å²) in [6, 6.07) is 0. The molecule has 18 heavy (non-hydrogen) atoms. The molecule has 1 aromatic heterocycles. The molecule has 0 spiro atoms. The predicted octanol–water partition coefficient (Wildman–Crippen LogP) is -2.57. The zero-order chi connectivity index (χ0) is 13.3. The van der Waals surface area contributed by atoms with Gasteiger partial charge in [-0.1, -0.05) is 0 Å². The van der Waals surface area contributed by atoms with Crippen LogP contribution < -0.4 is 11.4 Å². The minimum absolute atomic E-state index is 0.139. The summed E-state index contributed by atoms with van der Waals surface area (Å²) in [5, 5.41) is 18.9. The first-order valence-electron chi connectivity index (χ1n) is 5.21. The van der Waals surface area contributed by atoms with Crippen LogP contribution in [-0.4, -0.2) is 49.3 Å². The Hall–Kier alpha value is -1.84. The normalized spacial score (nSPS) is 29.0. The van der Waals surface area contributed by atoms with E-state index in [0.29, 0.717) is 0 Å². The number of Topliss-reactive ketones (excluding diaryl/α,β-unsaturated/α-hetero) is 1. The smallest absolute Gasteiger partial charge is 0.354 e. The second-order valence-corrected chi connectivity index (χ2v) is 3.90. The largest absolute Gasteiger partial charge is 0.391 e. The number of aromatic nitrogens is 3. The summed E-state index contributed by atoms with van der Waals surface area (Å²) in [7, 11) is 0. The van der Waals surface area contributed by atoms with Crippen molar-refractivity contribution in [3.8, 4) is 0 Å². The molecular formula is C9H12N4O5. The van der Waals surface area contributed by atoms with Gasteiger partial charge < -0.3 is 20.7 Å². The number of hydrogen-bond acceptors (Lipinski definition) is 8. The number of ketones is 1. The Balaban J connectivity index is 2.36. The van der Waals surface area contributed by atoms with Crippen LogP contribution in [0.2, 0.25) is 0 Å². The third kappa shape index (κ3) is 2.37. The molecule has 1 unspecified atom stereocenters. The number of aliphatic hydroxyl groups excluding tert-OH is 2. The first-order chi connectivity index (χ1) is 8.49. The lowest BCUT2D eigenvalue weighted by Crippen LogP contribution is -2.37. The van der Waals surface area contributed by atoms with Crippen molar-refractivity contribution in [3.05, 3.63) is 16.8 Å². The number of nitrogens with zero attached hydrogens (tertiary/aromatic N) is 3. The van der Waals surface area contributed by atoms with E-state index in [1.54, 1.807) is 0 Å². The van der Waals surface area contributed by atoms with Crippen molar-refractivity contribution in [2.24, 2.45) is 0 Å². The predicted molar refractivity (Wildman–Crippen MR) is 57.3 cm³/mol. The van der Waals surface area contributed by atoms with E-state index in [1.807, 2.05) is 0 Å². The Bertz CT molecular complexity index is 516. The van der Waals surface area contributed by atoms with Crippen molar-refractivity contribution in [1.82, 2.24) is 14.5 Å². The lowest BCUT2D eigenvalue weighted by atomic mass is 10.1. The minimum atomic E-state index is -1.41.